The summed E-state index contributed by atoms with van der Waals surface area (Å²) >= 11 is 0. The zero-order chi connectivity index (χ0) is 57.5. The average Bonchev–Trinajstić information content (AvgIpc) is 3.43. The van der Waals surface area contributed by atoms with Gasteiger partial charge < -0.3 is 39.0 Å². The predicted octanol–water partition coefficient (Wildman–Crippen LogP) is 16.7. The largest absolute Gasteiger partial charge is 0.479 e. The number of aliphatic hydroxyl groups is 2. The van der Waals surface area contributed by atoms with Crippen molar-refractivity contribution in [2.75, 3.05) is 13.2 Å². The molecule has 6 atom stereocenters. The Balaban J connectivity index is 2.67. The fraction of sp³-hybridized carbons (Fsp3) is 0.731. The van der Waals surface area contributed by atoms with Crippen LogP contribution in [0.4, 0.5) is 0 Å². The molecule has 1 rings (SSSR count). The van der Waals surface area contributed by atoms with E-state index in [1.165, 1.54) is 109 Å². The second kappa shape index (κ2) is 54.5. The van der Waals surface area contributed by atoms with Crippen LogP contribution in [-0.2, 0) is 42.9 Å². The van der Waals surface area contributed by atoms with Gasteiger partial charge in [0.15, 0.2) is 24.6 Å². The Bertz CT molecular complexity index is 1700. The maximum Gasteiger partial charge on any atom is 0.335 e. The Hall–Kier alpha value is -4.10. The third-order valence-corrected chi connectivity index (χ3v) is 14.0. The Morgan fingerprint density at radius 1 is 0.430 bits per heavy atom. The number of hydrogen-bond donors (Lipinski definition) is 3. The van der Waals surface area contributed by atoms with Crippen LogP contribution in [0.2, 0.25) is 0 Å². The van der Waals surface area contributed by atoms with Crippen LogP contribution in [0.1, 0.15) is 265 Å². The first-order valence-corrected chi connectivity index (χ1v) is 31.6. The molecule has 0 spiro atoms. The molecule has 0 aromatic carbocycles. The zero-order valence-electron chi connectivity index (χ0n) is 49.8. The van der Waals surface area contributed by atoms with E-state index in [2.05, 4.69) is 87.6 Å². The number of rotatable bonds is 53. The first-order chi connectivity index (χ1) is 38.6. The molecule has 1 fully saturated rings. The summed E-state index contributed by atoms with van der Waals surface area (Å²) in [5, 5.41) is 31.5. The van der Waals surface area contributed by atoms with Gasteiger partial charge in [0.05, 0.1) is 6.61 Å². The summed E-state index contributed by atoms with van der Waals surface area (Å²) < 4.78 is 28.4. The van der Waals surface area contributed by atoms with Crippen LogP contribution in [0.15, 0.2) is 85.1 Å². The number of carboxylic acid groups (broad SMARTS) is 1. The van der Waals surface area contributed by atoms with E-state index >= 15 is 0 Å². The summed E-state index contributed by atoms with van der Waals surface area (Å²) in [7, 11) is 0. The normalized spacial score (nSPS) is 18.4. The molecule has 12 nitrogen and oxygen atoms in total. The number of allylic oxidation sites excluding steroid dienone is 14. The number of carbonyl (C=O) groups excluding carboxylic acids is 3. The second-order valence-electron chi connectivity index (χ2n) is 21.3. The van der Waals surface area contributed by atoms with Crippen LogP contribution in [-0.4, -0.2) is 89.2 Å². The van der Waals surface area contributed by atoms with Crippen molar-refractivity contribution in [2.24, 2.45) is 0 Å². The van der Waals surface area contributed by atoms with Crippen LogP contribution >= 0.6 is 0 Å². The number of aliphatic hydroxyl groups excluding tert-OH is 2. The highest BCUT2D eigenvalue weighted by Gasteiger charge is 2.50. The van der Waals surface area contributed by atoms with Gasteiger partial charge in [0.1, 0.15) is 18.8 Å². The van der Waals surface area contributed by atoms with Gasteiger partial charge in [-0.3, -0.25) is 14.4 Å². The first-order valence-electron chi connectivity index (χ1n) is 31.6. The Kier molecular flexibility index (Phi) is 50.3. The molecule has 0 bridgehead atoms. The third kappa shape index (κ3) is 44.3. The molecule has 0 saturated carbocycles. The van der Waals surface area contributed by atoms with Gasteiger partial charge in [-0.15, -0.1) is 0 Å². The van der Waals surface area contributed by atoms with Crippen LogP contribution in [0, 0.1) is 0 Å². The summed E-state index contributed by atoms with van der Waals surface area (Å²) in [5.41, 5.74) is 0. The van der Waals surface area contributed by atoms with Crippen molar-refractivity contribution in [1.82, 2.24) is 0 Å². The maximum atomic E-state index is 13.1. The molecule has 0 radical (unpaired) electrons. The maximum absolute atomic E-state index is 13.1. The number of ether oxygens (including phenoxy) is 5. The van der Waals surface area contributed by atoms with E-state index in [1.807, 2.05) is 18.2 Å². The topological polar surface area (TPSA) is 175 Å². The quantitative estimate of drug-likeness (QED) is 0.0228. The number of carbonyl (C=O) groups is 4. The molecule has 1 saturated heterocycles. The lowest BCUT2D eigenvalue weighted by Gasteiger charge is -2.40. The minimum Gasteiger partial charge on any atom is -0.479 e. The molecular weight excluding hydrogens is 997 g/mol. The molecule has 1 heterocycles. The Labute approximate surface area is 480 Å². The van der Waals surface area contributed by atoms with Crippen molar-refractivity contribution in [2.45, 2.75) is 302 Å². The second-order valence-corrected chi connectivity index (χ2v) is 21.3. The van der Waals surface area contributed by atoms with Crippen LogP contribution in [0.3, 0.4) is 0 Å². The van der Waals surface area contributed by atoms with Crippen molar-refractivity contribution >= 4 is 23.9 Å². The molecule has 452 valence electrons. The summed E-state index contributed by atoms with van der Waals surface area (Å²) in [5.74, 6) is -3.23. The van der Waals surface area contributed by atoms with Crippen molar-refractivity contribution in [1.29, 1.82) is 0 Å². The summed E-state index contributed by atoms with van der Waals surface area (Å²) in [6, 6.07) is 0. The van der Waals surface area contributed by atoms with E-state index in [0.29, 0.717) is 25.7 Å². The van der Waals surface area contributed by atoms with E-state index in [0.717, 1.165) is 89.9 Å². The number of aliphatic carboxylic acids is 1. The highest BCUT2D eigenvalue weighted by molar-refractivity contribution is 5.74. The van der Waals surface area contributed by atoms with Gasteiger partial charge >= 0.3 is 23.9 Å². The molecule has 1 aliphatic rings. The van der Waals surface area contributed by atoms with Crippen molar-refractivity contribution in [3.05, 3.63) is 85.1 Å². The zero-order valence-corrected chi connectivity index (χ0v) is 49.8. The van der Waals surface area contributed by atoms with Gasteiger partial charge in [-0.05, 0) is 77.0 Å². The van der Waals surface area contributed by atoms with E-state index in [1.54, 1.807) is 0 Å². The average molecular weight is 1110 g/mol. The molecule has 0 aromatic heterocycles. The molecule has 3 N–H and O–H groups in total. The number of hydrogen-bond acceptors (Lipinski definition) is 11. The first kappa shape index (κ1) is 72.9. The number of carboxylic acids is 1. The van der Waals surface area contributed by atoms with E-state index in [4.69, 9.17) is 23.7 Å². The third-order valence-electron chi connectivity index (χ3n) is 14.0. The lowest BCUT2D eigenvalue weighted by atomic mass is 9.98. The number of unbranched alkanes of at least 4 members (excludes halogenated alkanes) is 25. The molecular formula is C67H112O12. The minimum absolute atomic E-state index is 0.0671. The molecule has 6 unspecified atom stereocenters. The van der Waals surface area contributed by atoms with Gasteiger partial charge in [-0.2, -0.15) is 0 Å². The SMILES string of the molecule is CC/C=C\C/C=C\C/C=C\C/C=C\C/C=C\C/C=C\CCC(=O)OC1C(OCC(COC(=O)CCCCCCCCCCCCCCCCCCCCC)OC(=O)CCCCCCC/C=C\CCCC)OC(C(=O)O)C(O)C1O. The van der Waals surface area contributed by atoms with E-state index < -0.39 is 67.3 Å². The van der Waals surface area contributed by atoms with Crippen LogP contribution < -0.4 is 0 Å². The molecule has 0 aliphatic carbocycles. The standard InChI is InChI=1S/C67H112O12/c1-4-7-10-13-16-19-22-24-26-28-30-32-34-36-39-41-44-47-50-53-59(68)75-56-58(77-60(69)54-51-48-45-42-38-21-18-15-12-9-6-3)57-76-67-65(63(72)62(71)64(79-67)66(73)74)78-61(70)55-52-49-46-43-40-37-35-33-31-29-27-25-23-20-17-14-11-8-5-2/h8,11,15,17-18,20,25,27,31,33,37,40,46,49,58,62-65,67,71-72H,4-7,9-10,12-14,16,19,21-24,26,28-30,32,34-36,38-39,41-45,47-48,50-57H2,1-3H3,(H,73,74)/b11-8-,18-15-,20-17-,27-25-,33-31-,40-37-,49-46-. The van der Waals surface area contributed by atoms with Gasteiger partial charge in [0.2, 0.25) is 0 Å². The van der Waals surface area contributed by atoms with Gasteiger partial charge in [0, 0.05) is 19.3 Å². The van der Waals surface area contributed by atoms with Crippen LogP contribution in [0.5, 0.6) is 0 Å². The smallest absolute Gasteiger partial charge is 0.335 e. The number of esters is 3. The molecule has 12 heteroatoms. The molecule has 1 aliphatic heterocycles. The minimum atomic E-state index is -1.93. The molecule has 79 heavy (non-hydrogen) atoms. The monoisotopic (exact) mass is 1110 g/mol. The highest BCUT2D eigenvalue weighted by Crippen LogP contribution is 2.26. The Morgan fingerprint density at radius 2 is 0.835 bits per heavy atom. The lowest BCUT2D eigenvalue weighted by molar-refractivity contribution is -0.301. The van der Waals surface area contributed by atoms with Crippen LogP contribution in [0.25, 0.3) is 0 Å². The van der Waals surface area contributed by atoms with Crippen molar-refractivity contribution < 1.29 is 58.2 Å². The lowest BCUT2D eigenvalue weighted by Crippen LogP contribution is -2.61. The predicted molar refractivity (Wildman–Crippen MR) is 321 cm³/mol. The van der Waals surface area contributed by atoms with Gasteiger partial charge in [-0.1, -0.05) is 254 Å². The summed E-state index contributed by atoms with van der Waals surface area (Å²) in [4.78, 5) is 51.2. The van der Waals surface area contributed by atoms with Gasteiger partial charge in [-0.25, -0.2) is 4.79 Å². The van der Waals surface area contributed by atoms with E-state index in [9.17, 15) is 34.5 Å². The molecule has 0 amide bonds. The fourth-order valence-corrected chi connectivity index (χ4v) is 9.14. The Morgan fingerprint density at radius 3 is 1.30 bits per heavy atom. The highest BCUT2D eigenvalue weighted by atomic mass is 16.7. The van der Waals surface area contributed by atoms with Crippen molar-refractivity contribution in [3.63, 3.8) is 0 Å². The van der Waals surface area contributed by atoms with Crippen molar-refractivity contribution in [3.8, 4) is 0 Å². The fourth-order valence-electron chi connectivity index (χ4n) is 9.14. The van der Waals surface area contributed by atoms with E-state index in [-0.39, 0.29) is 25.9 Å². The summed E-state index contributed by atoms with van der Waals surface area (Å²) in [6.07, 6.45) is 58.6. The molecule has 0 aromatic rings. The summed E-state index contributed by atoms with van der Waals surface area (Å²) in [6.45, 7) is 5.82. The van der Waals surface area contributed by atoms with Gasteiger partial charge in [0.25, 0.3) is 0 Å².